The number of Topliss-reactive ketones (excluding diaryl/α,β-unsaturated/α-hetero) is 1. The number of anilines is 1. The van der Waals surface area contributed by atoms with Crippen LogP contribution < -0.4 is 5.32 Å². The fourth-order valence-corrected chi connectivity index (χ4v) is 2.97. The molecule has 1 N–H and O–H groups in total. The average Bonchev–Trinajstić information content (AvgIpc) is 2.92. The number of nitrogens with one attached hydrogen (secondary N) is 1. The van der Waals surface area contributed by atoms with E-state index in [1.165, 1.54) is 12.4 Å². The molecular formula is C10H4FN3O2S2. The van der Waals surface area contributed by atoms with Crippen molar-refractivity contribution in [2.24, 2.45) is 0 Å². The molecule has 0 unspecified atom stereocenters. The summed E-state index contributed by atoms with van der Waals surface area (Å²) in [6.07, 6.45) is 1.38. The Hall–Kier alpha value is -1.80. The van der Waals surface area contributed by atoms with Crippen molar-refractivity contribution in [2.45, 2.75) is 9.24 Å². The Kier molecular flexibility index (Phi) is 2.60. The van der Waals surface area contributed by atoms with Crippen molar-refractivity contribution in [1.29, 1.82) is 0 Å². The van der Waals surface area contributed by atoms with Crippen molar-refractivity contribution in [3.63, 3.8) is 0 Å². The lowest BCUT2D eigenvalue weighted by Crippen LogP contribution is -2.12. The summed E-state index contributed by atoms with van der Waals surface area (Å²) in [4.78, 5) is 26.7. The number of amides is 1. The van der Waals surface area contributed by atoms with Crippen LogP contribution in [0.15, 0.2) is 27.7 Å². The molecule has 0 spiro atoms. The molecule has 5 nitrogen and oxygen atoms in total. The van der Waals surface area contributed by atoms with Crippen LogP contribution in [0.25, 0.3) is 0 Å². The first kappa shape index (κ1) is 11.3. The minimum atomic E-state index is -0.734. The van der Waals surface area contributed by atoms with Crippen molar-refractivity contribution < 1.29 is 14.0 Å². The largest absolute Gasteiger partial charge is 0.318 e. The third-order valence-corrected chi connectivity index (χ3v) is 4.06. The minimum absolute atomic E-state index is 0.0686. The standard InChI is InChI=1S/C10H4FN3O2S2/c11-5-1-4-6(14-9(16)8(4)15)2-7(5)17-10-12-3-13-18-10/h1-3H,(H,14,15,16). The van der Waals surface area contributed by atoms with Gasteiger partial charge >= 0.3 is 0 Å². The molecule has 3 rings (SSSR count). The van der Waals surface area contributed by atoms with Gasteiger partial charge in [-0.05, 0) is 23.7 Å². The van der Waals surface area contributed by atoms with Crippen molar-refractivity contribution >= 4 is 40.7 Å². The predicted molar refractivity (Wildman–Crippen MR) is 63.4 cm³/mol. The number of rotatable bonds is 2. The highest BCUT2D eigenvalue weighted by Crippen LogP contribution is 2.35. The van der Waals surface area contributed by atoms with Crippen LogP contribution in [0.5, 0.6) is 0 Å². The molecule has 1 amide bonds. The Labute approximate surface area is 109 Å². The van der Waals surface area contributed by atoms with Gasteiger partial charge in [0, 0.05) is 0 Å². The normalized spacial score (nSPS) is 13.6. The van der Waals surface area contributed by atoms with Gasteiger partial charge in [-0.3, -0.25) is 9.59 Å². The molecule has 0 bridgehead atoms. The lowest BCUT2D eigenvalue weighted by atomic mass is 10.1. The molecule has 0 atom stereocenters. The molecule has 8 heteroatoms. The second kappa shape index (κ2) is 4.14. The predicted octanol–water partition coefficient (Wildman–Crippen LogP) is 1.96. The van der Waals surface area contributed by atoms with Crippen molar-refractivity contribution in [3.05, 3.63) is 29.8 Å². The molecule has 2 heterocycles. The monoisotopic (exact) mass is 281 g/mol. The number of ketones is 1. The molecule has 90 valence electrons. The number of fused-ring (bicyclic) bond motifs is 1. The Morgan fingerprint density at radius 1 is 1.33 bits per heavy atom. The molecule has 0 aliphatic carbocycles. The van der Waals surface area contributed by atoms with E-state index in [1.54, 1.807) is 0 Å². The smallest absolute Gasteiger partial charge is 0.296 e. The fourth-order valence-electron chi connectivity index (χ4n) is 1.53. The average molecular weight is 281 g/mol. The maximum absolute atomic E-state index is 13.8. The quantitative estimate of drug-likeness (QED) is 0.852. The molecule has 0 saturated carbocycles. The van der Waals surface area contributed by atoms with Crippen LogP contribution >= 0.6 is 23.3 Å². The van der Waals surface area contributed by atoms with E-state index in [9.17, 15) is 14.0 Å². The van der Waals surface area contributed by atoms with Gasteiger partial charge in [0.2, 0.25) is 0 Å². The molecule has 1 aliphatic heterocycles. The summed E-state index contributed by atoms with van der Waals surface area (Å²) in [5.74, 6) is -2.00. The van der Waals surface area contributed by atoms with Crippen LogP contribution in [-0.2, 0) is 4.79 Å². The highest BCUT2D eigenvalue weighted by molar-refractivity contribution is 8.01. The summed E-state index contributed by atoms with van der Waals surface area (Å²) in [5.41, 5.74) is 0.400. The van der Waals surface area contributed by atoms with Crippen molar-refractivity contribution in [2.75, 3.05) is 5.32 Å². The van der Waals surface area contributed by atoms with E-state index in [4.69, 9.17) is 0 Å². The summed E-state index contributed by atoms with van der Waals surface area (Å²) < 4.78 is 18.2. The molecular weight excluding hydrogens is 277 g/mol. The maximum Gasteiger partial charge on any atom is 0.296 e. The van der Waals surface area contributed by atoms with E-state index in [2.05, 4.69) is 14.7 Å². The van der Waals surface area contributed by atoms with Gasteiger partial charge in [-0.1, -0.05) is 11.8 Å². The van der Waals surface area contributed by atoms with Crippen LogP contribution in [0.4, 0.5) is 10.1 Å². The number of carbonyl (C=O) groups excluding carboxylic acids is 2. The van der Waals surface area contributed by atoms with E-state index < -0.39 is 17.5 Å². The summed E-state index contributed by atoms with van der Waals surface area (Å²) in [7, 11) is 0. The van der Waals surface area contributed by atoms with Gasteiger partial charge in [0.15, 0.2) is 4.34 Å². The Morgan fingerprint density at radius 3 is 2.89 bits per heavy atom. The van der Waals surface area contributed by atoms with Gasteiger partial charge < -0.3 is 5.32 Å². The molecule has 0 saturated heterocycles. The first-order chi connectivity index (χ1) is 8.65. The summed E-state index contributed by atoms with van der Waals surface area (Å²) in [6, 6.07) is 2.50. The van der Waals surface area contributed by atoms with Gasteiger partial charge in [0.05, 0.1) is 16.1 Å². The van der Waals surface area contributed by atoms with Crippen LogP contribution in [-0.4, -0.2) is 21.0 Å². The zero-order valence-corrected chi connectivity index (χ0v) is 10.3. The Bertz CT molecular complexity index is 657. The molecule has 2 aromatic rings. The third-order valence-electron chi connectivity index (χ3n) is 2.31. The number of hydrogen-bond acceptors (Lipinski definition) is 6. The van der Waals surface area contributed by atoms with Gasteiger partial charge in [-0.25, -0.2) is 9.37 Å². The van der Waals surface area contributed by atoms with Crippen molar-refractivity contribution in [1.82, 2.24) is 9.36 Å². The van der Waals surface area contributed by atoms with Crippen LogP contribution in [0.3, 0.4) is 0 Å². The van der Waals surface area contributed by atoms with Gasteiger partial charge in [0.1, 0.15) is 12.1 Å². The zero-order chi connectivity index (χ0) is 12.7. The highest BCUT2D eigenvalue weighted by Gasteiger charge is 2.29. The second-order valence-corrected chi connectivity index (χ2v) is 5.49. The van der Waals surface area contributed by atoms with E-state index >= 15 is 0 Å². The number of nitrogens with zero attached hydrogens (tertiary/aromatic N) is 2. The summed E-state index contributed by atoms with van der Waals surface area (Å²) >= 11 is 2.24. The minimum Gasteiger partial charge on any atom is -0.318 e. The summed E-state index contributed by atoms with van der Waals surface area (Å²) in [5, 5.41) is 2.39. The van der Waals surface area contributed by atoms with E-state index in [-0.39, 0.29) is 5.56 Å². The fraction of sp³-hybridized carbons (Fsp3) is 0. The Morgan fingerprint density at radius 2 is 2.17 bits per heavy atom. The molecule has 0 radical (unpaired) electrons. The zero-order valence-electron chi connectivity index (χ0n) is 8.64. The molecule has 1 aliphatic rings. The molecule has 1 aromatic heterocycles. The van der Waals surface area contributed by atoms with Crippen LogP contribution in [0.1, 0.15) is 10.4 Å². The summed E-state index contributed by atoms with van der Waals surface area (Å²) in [6.45, 7) is 0. The van der Waals surface area contributed by atoms with Crippen molar-refractivity contribution in [3.8, 4) is 0 Å². The third kappa shape index (κ3) is 1.79. The van der Waals surface area contributed by atoms with Crippen LogP contribution in [0.2, 0.25) is 0 Å². The van der Waals surface area contributed by atoms with Gasteiger partial charge in [0.25, 0.3) is 11.7 Å². The second-order valence-electron chi connectivity index (χ2n) is 3.42. The number of hydrogen-bond donors (Lipinski definition) is 1. The van der Waals surface area contributed by atoms with E-state index in [0.29, 0.717) is 14.9 Å². The van der Waals surface area contributed by atoms with E-state index in [0.717, 1.165) is 29.4 Å². The molecule has 1 aromatic carbocycles. The first-order valence-electron chi connectivity index (χ1n) is 4.79. The van der Waals surface area contributed by atoms with Gasteiger partial charge in [-0.15, -0.1) is 0 Å². The van der Waals surface area contributed by atoms with Gasteiger partial charge in [-0.2, -0.15) is 4.37 Å². The maximum atomic E-state index is 13.8. The van der Waals surface area contributed by atoms with Crippen LogP contribution in [0, 0.1) is 5.82 Å². The van der Waals surface area contributed by atoms with E-state index in [1.807, 2.05) is 0 Å². The number of halogens is 1. The Balaban J connectivity index is 2.01. The topological polar surface area (TPSA) is 72.0 Å². The highest BCUT2D eigenvalue weighted by atomic mass is 32.2. The number of benzene rings is 1. The lowest BCUT2D eigenvalue weighted by molar-refractivity contribution is -0.112. The molecule has 0 fully saturated rings. The number of aromatic nitrogens is 2. The SMILES string of the molecule is O=C1Nc2cc(Sc3ncns3)c(F)cc2C1=O. The number of carbonyl (C=O) groups is 2. The first-order valence-corrected chi connectivity index (χ1v) is 6.38. The lowest BCUT2D eigenvalue weighted by Gasteiger charge is -2.03. The molecule has 18 heavy (non-hydrogen) atoms.